The Morgan fingerprint density at radius 1 is 1.32 bits per heavy atom. The third kappa shape index (κ3) is 1.71. The second-order valence-electron chi connectivity index (χ2n) is 6.00. The molecule has 3 atom stereocenters. The molecule has 2 aromatic rings. The van der Waals surface area contributed by atoms with Crippen molar-refractivity contribution in [3.05, 3.63) is 30.1 Å². The summed E-state index contributed by atoms with van der Waals surface area (Å²) in [5, 5.41) is 3.74. The van der Waals surface area contributed by atoms with E-state index in [1.807, 2.05) is 0 Å². The smallest absolute Gasteiger partial charge is 0.114 e. The maximum Gasteiger partial charge on any atom is 0.114 e. The molecule has 0 spiro atoms. The molecule has 1 N–H and O–H groups in total. The van der Waals surface area contributed by atoms with Crippen LogP contribution in [0.2, 0.25) is 0 Å². The molecule has 0 radical (unpaired) electrons. The standard InChI is InChI=1S/C16H21N3/c1-2-9-19-15-6-4-3-5-14(15)18-16(19)12-10-11-7-8-13(12)17-11/h3-6,11-13,17H,2,7-10H2,1H3. The summed E-state index contributed by atoms with van der Waals surface area (Å²) < 4.78 is 2.46. The van der Waals surface area contributed by atoms with Crippen molar-refractivity contribution in [3.8, 4) is 0 Å². The quantitative estimate of drug-likeness (QED) is 0.913. The van der Waals surface area contributed by atoms with Crippen LogP contribution in [0, 0.1) is 0 Å². The van der Waals surface area contributed by atoms with Crippen molar-refractivity contribution in [1.29, 1.82) is 0 Å². The summed E-state index contributed by atoms with van der Waals surface area (Å²) in [6.07, 6.45) is 5.12. The van der Waals surface area contributed by atoms with Crippen LogP contribution in [-0.4, -0.2) is 21.6 Å². The first kappa shape index (κ1) is 11.5. The zero-order valence-electron chi connectivity index (χ0n) is 11.5. The average molecular weight is 255 g/mol. The van der Waals surface area contributed by atoms with E-state index < -0.39 is 0 Å². The van der Waals surface area contributed by atoms with Gasteiger partial charge in [-0.2, -0.15) is 0 Å². The molecule has 3 unspecified atom stereocenters. The van der Waals surface area contributed by atoms with Crippen molar-refractivity contribution >= 4 is 11.0 Å². The fourth-order valence-electron chi connectivity index (χ4n) is 3.95. The van der Waals surface area contributed by atoms with Gasteiger partial charge < -0.3 is 9.88 Å². The summed E-state index contributed by atoms with van der Waals surface area (Å²) in [6, 6.07) is 9.98. The van der Waals surface area contributed by atoms with Crippen LogP contribution in [0.3, 0.4) is 0 Å². The Kier molecular flexibility index (Phi) is 2.62. The zero-order chi connectivity index (χ0) is 12.8. The summed E-state index contributed by atoms with van der Waals surface area (Å²) in [6.45, 7) is 3.33. The molecule has 0 amide bonds. The molecule has 3 heteroatoms. The van der Waals surface area contributed by atoms with Gasteiger partial charge in [0.15, 0.2) is 0 Å². The van der Waals surface area contributed by atoms with Gasteiger partial charge in [-0.05, 0) is 37.8 Å². The monoisotopic (exact) mass is 255 g/mol. The van der Waals surface area contributed by atoms with E-state index in [4.69, 9.17) is 4.98 Å². The number of para-hydroxylation sites is 2. The Morgan fingerprint density at radius 3 is 2.95 bits per heavy atom. The molecule has 3 heterocycles. The maximum absolute atomic E-state index is 4.96. The number of imidazole rings is 1. The number of hydrogen-bond donors (Lipinski definition) is 1. The first-order valence-electron chi connectivity index (χ1n) is 7.58. The first-order valence-corrected chi connectivity index (χ1v) is 7.58. The minimum absolute atomic E-state index is 0.623. The summed E-state index contributed by atoms with van der Waals surface area (Å²) >= 11 is 0. The number of fused-ring (bicyclic) bond motifs is 3. The first-order chi connectivity index (χ1) is 9.36. The zero-order valence-corrected chi connectivity index (χ0v) is 11.5. The van der Waals surface area contributed by atoms with Crippen LogP contribution in [0.15, 0.2) is 24.3 Å². The van der Waals surface area contributed by atoms with Crippen molar-refractivity contribution in [3.63, 3.8) is 0 Å². The Morgan fingerprint density at radius 2 is 2.21 bits per heavy atom. The molecule has 2 bridgehead atoms. The molecule has 2 fully saturated rings. The molecule has 0 aliphatic carbocycles. The van der Waals surface area contributed by atoms with Gasteiger partial charge in [-0.25, -0.2) is 4.98 Å². The van der Waals surface area contributed by atoms with E-state index in [9.17, 15) is 0 Å². The number of hydrogen-bond acceptors (Lipinski definition) is 2. The summed E-state index contributed by atoms with van der Waals surface area (Å²) in [5.74, 6) is 1.94. The average Bonchev–Trinajstić information content (AvgIpc) is 3.12. The van der Waals surface area contributed by atoms with Gasteiger partial charge in [0.25, 0.3) is 0 Å². The number of aromatic nitrogens is 2. The fraction of sp³-hybridized carbons (Fsp3) is 0.562. The number of rotatable bonds is 3. The van der Waals surface area contributed by atoms with Crippen LogP contribution in [0.25, 0.3) is 11.0 Å². The fourth-order valence-corrected chi connectivity index (χ4v) is 3.95. The third-order valence-corrected chi connectivity index (χ3v) is 4.76. The molecule has 100 valence electrons. The topological polar surface area (TPSA) is 29.9 Å². The highest BCUT2D eigenvalue weighted by Crippen LogP contribution is 2.40. The SMILES string of the molecule is CCCn1c(C2CC3CCC2N3)nc2ccccc21. The molecule has 2 aliphatic rings. The van der Waals surface area contributed by atoms with E-state index in [1.165, 1.54) is 37.0 Å². The highest BCUT2D eigenvalue weighted by Gasteiger charge is 2.41. The van der Waals surface area contributed by atoms with E-state index in [0.717, 1.165) is 18.1 Å². The maximum atomic E-state index is 4.96. The lowest BCUT2D eigenvalue weighted by molar-refractivity contribution is 0.467. The molecule has 2 aliphatic heterocycles. The predicted molar refractivity (Wildman–Crippen MR) is 77.3 cm³/mol. The second-order valence-corrected chi connectivity index (χ2v) is 6.00. The van der Waals surface area contributed by atoms with E-state index >= 15 is 0 Å². The van der Waals surface area contributed by atoms with Crippen LogP contribution < -0.4 is 5.32 Å². The molecule has 1 aromatic carbocycles. The van der Waals surface area contributed by atoms with Crippen LogP contribution in [0.1, 0.15) is 44.3 Å². The number of nitrogens with zero attached hydrogens (tertiary/aromatic N) is 2. The van der Waals surface area contributed by atoms with Crippen molar-refractivity contribution in [2.45, 2.75) is 57.2 Å². The Bertz CT molecular complexity index is 601. The molecule has 2 saturated heterocycles. The van der Waals surface area contributed by atoms with Crippen molar-refractivity contribution in [1.82, 2.24) is 14.9 Å². The lowest BCUT2D eigenvalue weighted by Gasteiger charge is -2.21. The molecule has 3 nitrogen and oxygen atoms in total. The lowest BCUT2D eigenvalue weighted by atomic mass is 9.88. The van der Waals surface area contributed by atoms with Crippen molar-refractivity contribution < 1.29 is 0 Å². The number of benzene rings is 1. The molecule has 19 heavy (non-hydrogen) atoms. The molecular weight excluding hydrogens is 234 g/mol. The van der Waals surface area contributed by atoms with E-state index in [1.54, 1.807) is 0 Å². The number of nitrogens with one attached hydrogen (secondary N) is 1. The van der Waals surface area contributed by atoms with Gasteiger partial charge in [-0.3, -0.25) is 0 Å². The van der Waals surface area contributed by atoms with Gasteiger partial charge in [-0.1, -0.05) is 19.1 Å². The Labute approximate surface area is 114 Å². The van der Waals surface area contributed by atoms with Gasteiger partial charge in [0.1, 0.15) is 5.82 Å². The largest absolute Gasteiger partial charge is 0.328 e. The summed E-state index contributed by atoms with van der Waals surface area (Å²) in [7, 11) is 0. The van der Waals surface area contributed by atoms with Gasteiger partial charge in [0, 0.05) is 24.5 Å². The van der Waals surface area contributed by atoms with Crippen molar-refractivity contribution in [2.75, 3.05) is 0 Å². The predicted octanol–water partition coefficient (Wildman–Crippen LogP) is 3.05. The Balaban J connectivity index is 1.82. The highest BCUT2D eigenvalue weighted by molar-refractivity contribution is 5.76. The van der Waals surface area contributed by atoms with Gasteiger partial charge >= 0.3 is 0 Å². The molecular formula is C16H21N3. The normalized spacial score (nSPS) is 29.4. The third-order valence-electron chi connectivity index (χ3n) is 4.76. The van der Waals surface area contributed by atoms with Crippen LogP contribution >= 0.6 is 0 Å². The van der Waals surface area contributed by atoms with Crippen LogP contribution in [0.4, 0.5) is 0 Å². The highest BCUT2D eigenvalue weighted by atomic mass is 15.1. The number of aryl methyl sites for hydroxylation is 1. The molecule has 4 rings (SSSR count). The van der Waals surface area contributed by atoms with Crippen LogP contribution in [-0.2, 0) is 6.54 Å². The lowest BCUT2D eigenvalue weighted by Crippen LogP contribution is -2.23. The van der Waals surface area contributed by atoms with Crippen molar-refractivity contribution in [2.24, 2.45) is 0 Å². The van der Waals surface area contributed by atoms with Gasteiger partial charge in [0.2, 0.25) is 0 Å². The van der Waals surface area contributed by atoms with E-state index in [-0.39, 0.29) is 0 Å². The minimum Gasteiger partial charge on any atom is -0.328 e. The summed E-state index contributed by atoms with van der Waals surface area (Å²) in [5.41, 5.74) is 2.47. The molecule has 0 saturated carbocycles. The van der Waals surface area contributed by atoms with Gasteiger partial charge in [-0.15, -0.1) is 0 Å². The Hall–Kier alpha value is -1.35. The second kappa shape index (κ2) is 4.34. The van der Waals surface area contributed by atoms with E-state index in [0.29, 0.717) is 12.0 Å². The summed E-state index contributed by atoms with van der Waals surface area (Å²) in [4.78, 5) is 4.96. The minimum atomic E-state index is 0.623. The molecule has 1 aromatic heterocycles. The van der Waals surface area contributed by atoms with Crippen LogP contribution in [0.5, 0.6) is 0 Å². The van der Waals surface area contributed by atoms with Gasteiger partial charge in [0.05, 0.1) is 11.0 Å². The van der Waals surface area contributed by atoms with E-state index in [2.05, 4.69) is 41.1 Å².